The Morgan fingerprint density at radius 2 is 1.87 bits per heavy atom. The van der Waals surface area contributed by atoms with Crippen LogP contribution in [0.15, 0.2) is 47.1 Å². The molecule has 30 heavy (non-hydrogen) atoms. The Balaban J connectivity index is 1.47. The summed E-state index contributed by atoms with van der Waals surface area (Å²) in [5, 5.41) is 7.77. The predicted octanol–water partition coefficient (Wildman–Crippen LogP) is 4.02. The first-order chi connectivity index (χ1) is 14.5. The smallest absolute Gasteiger partial charge is 0.255 e. The van der Waals surface area contributed by atoms with Crippen molar-refractivity contribution in [2.24, 2.45) is 0 Å². The highest BCUT2D eigenvalue weighted by atomic mass is 16.3. The van der Waals surface area contributed by atoms with E-state index in [2.05, 4.69) is 46.5 Å². The van der Waals surface area contributed by atoms with Crippen LogP contribution in [0.4, 0.5) is 0 Å². The number of carbonyl (C=O) groups excluding carboxylic acids is 1. The molecule has 0 saturated carbocycles. The van der Waals surface area contributed by atoms with Gasteiger partial charge in [-0.1, -0.05) is 29.8 Å². The van der Waals surface area contributed by atoms with Gasteiger partial charge >= 0.3 is 0 Å². The quantitative estimate of drug-likeness (QED) is 0.644. The molecule has 1 aliphatic heterocycles. The first kappa shape index (κ1) is 20.4. The number of furan rings is 1. The van der Waals surface area contributed by atoms with Gasteiger partial charge in [0.05, 0.1) is 30.1 Å². The van der Waals surface area contributed by atoms with E-state index >= 15 is 0 Å². The van der Waals surface area contributed by atoms with Gasteiger partial charge in [-0.15, -0.1) is 0 Å². The monoisotopic (exact) mass is 406 g/mol. The summed E-state index contributed by atoms with van der Waals surface area (Å²) in [5.41, 5.74) is 4.72. The predicted molar refractivity (Wildman–Crippen MR) is 117 cm³/mol. The normalized spacial score (nSPS) is 15.4. The molecule has 1 fully saturated rings. The van der Waals surface area contributed by atoms with Gasteiger partial charge in [0, 0.05) is 12.2 Å². The van der Waals surface area contributed by atoms with Gasteiger partial charge in [0.25, 0.3) is 5.91 Å². The van der Waals surface area contributed by atoms with Gasteiger partial charge in [0.15, 0.2) is 0 Å². The largest absolute Gasteiger partial charge is 0.468 e. The number of rotatable bonds is 7. The number of hydrogen-bond acceptors (Lipinski definition) is 4. The number of nitrogens with one attached hydrogen (secondary N) is 1. The SMILES string of the molecule is Cc1ccc(Cn2nc(C)c(C(=O)NC[C@H](c3ccco3)N3CCCC3)c2C)cc1. The number of benzene rings is 1. The zero-order valence-electron chi connectivity index (χ0n) is 18.0. The molecule has 0 radical (unpaired) electrons. The minimum atomic E-state index is -0.0732. The topological polar surface area (TPSA) is 63.3 Å². The molecule has 1 saturated heterocycles. The van der Waals surface area contributed by atoms with Gasteiger partial charge in [-0.05, 0) is 64.4 Å². The molecule has 0 bridgehead atoms. The molecule has 0 spiro atoms. The highest BCUT2D eigenvalue weighted by Crippen LogP contribution is 2.25. The van der Waals surface area contributed by atoms with E-state index in [0.717, 1.165) is 30.2 Å². The summed E-state index contributed by atoms with van der Waals surface area (Å²) in [5.74, 6) is 0.830. The lowest BCUT2D eigenvalue weighted by molar-refractivity contribution is 0.0932. The highest BCUT2D eigenvalue weighted by Gasteiger charge is 2.27. The van der Waals surface area contributed by atoms with Crippen LogP contribution in [-0.4, -0.2) is 40.2 Å². The summed E-state index contributed by atoms with van der Waals surface area (Å²) in [4.78, 5) is 15.5. The maximum absolute atomic E-state index is 13.1. The van der Waals surface area contributed by atoms with Gasteiger partial charge in [-0.3, -0.25) is 14.4 Å². The Kier molecular flexibility index (Phi) is 6.04. The number of likely N-dealkylation sites (tertiary alicyclic amines) is 1. The molecule has 6 heteroatoms. The summed E-state index contributed by atoms with van der Waals surface area (Å²) < 4.78 is 7.58. The van der Waals surface area contributed by atoms with Crippen LogP contribution >= 0.6 is 0 Å². The number of carbonyl (C=O) groups is 1. The van der Waals surface area contributed by atoms with E-state index in [9.17, 15) is 4.79 Å². The van der Waals surface area contributed by atoms with Gasteiger partial charge in [0.1, 0.15) is 5.76 Å². The molecule has 1 atom stereocenters. The van der Waals surface area contributed by atoms with Crippen molar-refractivity contribution in [3.63, 3.8) is 0 Å². The van der Waals surface area contributed by atoms with Gasteiger partial charge in [-0.2, -0.15) is 5.10 Å². The third kappa shape index (κ3) is 4.33. The molecule has 3 aromatic rings. The van der Waals surface area contributed by atoms with Crippen molar-refractivity contribution in [3.8, 4) is 0 Å². The Bertz CT molecular complexity index is 983. The van der Waals surface area contributed by atoms with Crippen molar-refractivity contribution in [2.45, 2.75) is 46.2 Å². The number of hydrogen-bond donors (Lipinski definition) is 1. The molecular formula is C24H30N4O2. The van der Waals surface area contributed by atoms with Crippen molar-refractivity contribution < 1.29 is 9.21 Å². The van der Waals surface area contributed by atoms with Crippen LogP contribution in [0.1, 0.15) is 57.5 Å². The zero-order chi connectivity index (χ0) is 21.1. The first-order valence-corrected chi connectivity index (χ1v) is 10.7. The third-order valence-corrected chi connectivity index (χ3v) is 5.97. The second-order valence-electron chi connectivity index (χ2n) is 8.17. The lowest BCUT2D eigenvalue weighted by Gasteiger charge is -2.26. The van der Waals surface area contributed by atoms with Gasteiger partial charge < -0.3 is 9.73 Å². The molecule has 1 amide bonds. The third-order valence-electron chi connectivity index (χ3n) is 5.97. The molecular weight excluding hydrogens is 376 g/mol. The van der Waals surface area contributed by atoms with Crippen molar-refractivity contribution in [3.05, 3.63) is 76.5 Å². The number of amides is 1. The van der Waals surface area contributed by atoms with Crippen LogP contribution in [0.3, 0.4) is 0 Å². The van der Waals surface area contributed by atoms with E-state index in [0.29, 0.717) is 18.7 Å². The maximum atomic E-state index is 13.1. The molecule has 4 rings (SSSR count). The van der Waals surface area contributed by atoms with Crippen LogP contribution in [0.2, 0.25) is 0 Å². The van der Waals surface area contributed by atoms with Crippen LogP contribution in [0, 0.1) is 20.8 Å². The van der Waals surface area contributed by atoms with Crippen molar-refractivity contribution in [2.75, 3.05) is 19.6 Å². The molecule has 0 aliphatic carbocycles. The Hall–Kier alpha value is -2.86. The summed E-state index contributed by atoms with van der Waals surface area (Å²) in [6.45, 7) is 9.19. The highest BCUT2D eigenvalue weighted by molar-refractivity contribution is 5.96. The second-order valence-corrected chi connectivity index (χ2v) is 8.17. The summed E-state index contributed by atoms with van der Waals surface area (Å²) in [7, 11) is 0. The molecule has 1 N–H and O–H groups in total. The van der Waals surface area contributed by atoms with Gasteiger partial charge in [-0.25, -0.2) is 0 Å². The molecule has 1 aliphatic rings. The Morgan fingerprint density at radius 1 is 1.13 bits per heavy atom. The second kappa shape index (κ2) is 8.88. The lowest BCUT2D eigenvalue weighted by atomic mass is 10.1. The molecule has 158 valence electrons. The van der Waals surface area contributed by atoms with Crippen molar-refractivity contribution in [1.82, 2.24) is 20.0 Å². The maximum Gasteiger partial charge on any atom is 0.255 e. The number of aromatic nitrogens is 2. The van der Waals surface area contributed by atoms with Gasteiger partial charge in [0.2, 0.25) is 0 Å². The Morgan fingerprint density at radius 3 is 2.53 bits per heavy atom. The van der Waals surface area contributed by atoms with Crippen LogP contribution in [0.5, 0.6) is 0 Å². The van der Waals surface area contributed by atoms with E-state index in [4.69, 9.17) is 4.42 Å². The number of nitrogens with zero attached hydrogens (tertiary/aromatic N) is 3. The average molecular weight is 407 g/mol. The molecule has 6 nitrogen and oxygen atoms in total. The van der Waals surface area contributed by atoms with Crippen molar-refractivity contribution in [1.29, 1.82) is 0 Å². The van der Waals surface area contributed by atoms with Crippen LogP contribution in [-0.2, 0) is 6.54 Å². The molecule has 3 heterocycles. The average Bonchev–Trinajstić information content (AvgIpc) is 3.48. The van der Waals surface area contributed by atoms with E-state index < -0.39 is 0 Å². The summed E-state index contributed by atoms with van der Waals surface area (Å²) in [6.07, 6.45) is 4.08. The fourth-order valence-corrected chi connectivity index (χ4v) is 4.27. The van der Waals surface area contributed by atoms with Crippen LogP contribution in [0.25, 0.3) is 0 Å². The summed E-state index contributed by atoms with van der Waals surface area (Å²) in [6, 6.07) is 12.4. The first-order valence-electron chi connectivity index (χ1n) is 10.7. The Labute approximate surface area is 177 Å². The summed E-state index contributed by atoms with van der Waals surface area (Å²) >= 11 is 0. The fraction of sp³-hybridized carbons (Fsp3) is 0.417. The van der Waals surface area contributed by atoms with E-state index in [-0.39, 0.29) is 11.9 Å². The van der Waals surface area contributed by atoms with E-state index in [1.165, 1.54) is 24.0 Å². The van der Waals surface area contributed by atoms with Crippen molar-refractivity contribution >= 4 is 5.91 Å². The standard InChI is InChI=1S/C24H30N4O2/c1-17-8-10-20(11-9-17)16-28-19(3)23(18(2)26-28)24(29)25-15-21(22-7-6-14-30-22)27-12-4-5-13-27/h6-11,14,21H,4-5,12-13,15-16H2,1-3H3,(H,25,29)/t21-/m1/s1. The molecule has 0 unspecified atom stereocenters. The van der Waals surface area contributed by atoms with Crippen LogP contribution < -0.4 is 5.32 Å². The van der Waals surface area contributed by atoms with E-state index in [1.807, 2.05) is 30.7 Å². The minimum Gasteiger partial charge on any atom is -0.468 e. The lowest BCUT2D eigenvalue weighted by Crippen LogP contribution is -2.37. The zero-order valence-corrected chi connectivity index (χ0v) is 18.0. The molecule has 1 aromatic carbocycles. The fourth-order valence-electron chi connectivity index (χ4n) is 4.27. The number of aryl methyl sites for hydroxylation is 2. The van der Waals surface area contributed by atoms with E-state index in [1.54, 1.807) is 6.26 Å². The minimum absolute atomic E-state index is 0.0645. The molecule has 2 aromatic heterocycles.